The molecule has 272 valence electrons. The number of hydrogen-bond acceptors (Lipinski definition) is 5. The van der Waals surface area contributed by atoms with E-state index in [9.17, 15) is 9.59 Å². The first kappa shape index (κ1) is 33.4. The van der Waals surface area contributed by atoms with Gasteiger partial charge >= 0.3 is 0 Å². The van der Waals surface area contributed by atoms with Crippen molar-refractivity contribution in [3.63, 3.8) is 0 Å². The maximum atomic E-state index is 14.2. The van der Waals surface area contributed by atoms with Gasteiger partial charge < -0.3 is 4.42 Å². The van der Waals surface area contributed by atoms with E-state index in [-0.39, 0.29) is 5.56 Å². The van der Waals surface area contributed by atoms with Crippen molar-refractivity contribution in [1.82, 2.24) is 9.38 Å². The fourth-order valence-corrected chi connectivity index (χ4v) is 8.49. The van der Waals surface area contributed by atoms with Gasteiger partial charge in [-0.25, -0.2) is 4.98 Å². The summed E-state index contributed by atoms with van der Waals surface area (Å²) in [6.45, 7) is 0. The van der Waals surface area contributed by atoms with Gasteiger partial charge in [-0.05, 0) is 86.8 Å². The molecule has 3 aromatic heterocycles. The summed E-state index contributed by atoms with van der Waals surface area (Å²) in [5.41, 5.74) is 11.8. The average molecular weight is 746 g/mol. The van der Waals surface area contributed by atoms with E-state index >= 15 is 0 Å². The number of furan rings is 1. The van der Waals surface area contributed by atoms with Crippen molar-refractivity contribution in [2.75, 3.05) is 0 Å². The van der Waals surface area contributed by atoms with E-state index < -0.39 is 0 Å². The van der Waals surface area contributed by atoms with Gasteiger partial charge in [-0.1, -0.05) is 133 Å². The van der Waals surface area contributed by atoms with Crippen molar-refractivity contribution in [3.8, 4) is 44.8 Å². The Morgan fingerprint density at radius 1 is 0.534 bits per heavy atom. The number of rotatable bonds is 7. The minimum atomic E-state index is -0.0914. The van der Waals surface area contributed by atoms with Crippen LogP contribution in [0.25, 0.3) is 93.9 Å². The Balaban J connectivity index is 1.15. The highest BCUT2D eigenvalue weighted by Gasteiger charge is 2.23. The number of imidazole rings is 1. The van der Waals surface area contributed by atoms with E-state index in [4.69, 9.17) is 14.4 Å². The number of fused-ring (bicyclic) bond motifs is 5. The first-order valence-corrected chi connectivity index (χ1v) is 19.1. The minimum Gasteiger partial charge on any atom is -0.456 e. The average Bonchev–Trinajstić information content (AvgIpc) is 3.87. The van der Waals surface area contributed by atoms with Gasteiger partial charge in [0.05, 0.1) is 16.7 Å². The van der Waals surface area contributed by atoms with Gasteiger partial charge in [-0.15, -0.1) is 0 Å². The third-order valence-corrected chi connectivity index (χ3v) is 11.1. The number of aromatic nitrogens is 2. The SMILES string of the molecule is O=Cc1ccccc1-c1cc(/N=C/c2ccccc2)ccc1-c1cccc2oc3ccc(-c4ccc5nc(-c6ccccc6)n6c(=O)c7ccccc7c4c56)cc3c12. The Labute approximate surface area is 332 Å². The van der Waals surface area contributed by atoms with Crippen LogP contribution in [-0.4, -0.2) is 21.9 Å². The zero-order chi connectivity index (χ0) is 38.7. The van der Waals surface area contributed by atoms with E-state index in [0.29, 0.717) is 16.8 Å². The Bertz CT molecular complexity index is 3490. The van der Waals surface area contributed by atoms with Crippen molar-refractivity contribution < 1.29 is 9.21 Å². The minimum absolute atomic E-state index is 0.0914. The third kappa shape index (κ3) is 5.27. The maximum absolute atomic E-state index is 14.2. The van der Waals surface area contributed by atoms with Crippen LogP contribution in [0.2, 0.25) is 0 Å². The molecule has 0 saturated heterocycles. The highest BCUT2D eigenvalue weighted by molar-refractivity contribution is 6.20. The molecule has 6 nitrogen and oxygen atoms in total. The fourth-order valence-electron chi connectivity index (χ4n) is 8.49. The first-order chi connectivity index (χ1) is 28.6. The number of hydrogen-bond donors (Lipinski definition) is 0. The van der Waals surface area contributed by atoms with Crippen molar-refractivity contribution in [2.45, 2.75) is 0 Å². The second-order valence-electron chi connectivity index (χ2n) is 14.4. The summed E-state index contributed by atoms with van der Waals surface area (Å²) >= 11 is 0. The molecule has 0 radical (unpaired) electrons. The number of benzene rings is 8. The van der Waals surface area contributed by atoms with E-state index in [2.05, 4.69) is 36.4 Å². The molecule has 0 saturated carbocycles. The molecule has 8 aromatic carbocycles. The molecule has 0 N–H and O–H groups in total. The summed E-state index contributed by atoms with van der Waals surface area (Å²) in [5, 5.41) is 4.40. The molecule has 0 aliphatic heterocycles. The molecule has 11 rings (SSSR count). The molecule has 3 heterocycles. The van der Waals surface area contributed by atoms with Gasteiger partial charge in [0.2, 0.25) is 0 Å². The lowest BCUT2D eigenvalue weighted by Gasteiger charge is -2.14. The molecule has 0 spiro atoms. The Kier molecular flexibility index (Phi) is 7.69. The summed E-state index contributed by atoms with van der Waals surface area (Å²) < 4.78 is 8.33. The van der Waals surface area contributed by atoms with Crippen LogP contribution in [0, 0.1) is 0 Å². The number of carbonyl (C=O) groups excluding carboxylic acids is 1. The Morgan fingerprint density at radius 3 is 2.12 bits per heavy atom. The van der Waals surface area contributed by atoms with Crippen molar-refractivity contribution in [3.05, 3.63) is 197 Å². The van der Waals surface area contributed by atoms with E-state index in [1.807, 2.05) is 146 Å². The number of nitrogens with zero attached hydrogens (tertiary/aromatic N) is 3. The van der Waals surface area contributed by atoms with Crippen LogP contribution in [0.3, 0.4) is 0 Å². The highest BCUT2D eigenvalue weighted by atomic mass is 16.3. The highest BCUT2D eigenvalue weighted by Crippen LogP contribution is 2.44. The molecule has 0 unspecified atom stereocenters. The summed E-state index contributed by atoms with van der Waals surface area (Å²) in [6.07, 6.45) is 2.76. The molecule has 0 aliphatic rings. The lowest BCUT2D eigenvalue weighted by atomic mass is 9.89. The van der Waals surface area contributed by atoms with E-state index in [0.717, 1.165) is 100 Å². The quantitative estimate of drug-likeness (QED) is 0.0924. The third-order valence-electron chi connectivity index (χ3n) is 11.1. The van der Waals surface area contributed by atoms with E-state index in [1.165, 1.54) is 0 Å². The van der Waals surface area contributed by atoms with Crippen LogP contribution in [-0.2, 0) is 0 Å². The summed E-state index contributed by atoms with van der Waals surface area (Å²) in [5.74, 6) is 0.623. The van der Waals surface area contributed by atoms with Crippen LogP contribution in [0.4, 0.5) is 5.69 Å². The number of aliphatic imine (C=N–C) groups is 1. The first-order valence-electron chi connectivity index (χ1n) is 19.1. The maximum Gasteiger partial charge on any atom is 0.264 e. The molecule has 0 aliphatic carbocycles. The van der Waals surface area contributed by atoms with Crippen LogP contribution >= 0.6 is 0 Å². The molecule has 11 aromatic rings. The normalized spacial score (nSPS) is 11.9. The fraction of sp³-hybridized carbons (Fsp3) is 0. The monoisotopic (exact) mass is 745 g/mol. The summed E-state index contributed by atoms with van der Waals surface area (Å²) in [4.78, 5) is 36.5. The van der Waals surface area contributed by atoms with Gasteiger partial charge in [0, 0.05) is 38.9 Å². The van der Waals surface area contributed by atoms with Crippen LogP contribution in [0.5, 0.6) is 0 Å². The van der Waals surface area contributed by atoms with E-state index in [1.54, 1.807) is 4.40 Å². The number of carbonyl (C=O) groups is 1. The second kappa shape index (κ2) is 13.4. The molecular formula is C52H31N3O3. The summed E-state index contributed by atoms with van der Waals surface area (Å²) in [6, 6.07) is 58.1. The molecule has 0 bridgehead atoms. The molecule has 58 heavy (non-hydrogen) atoms. The predicted octanol–water partition coefficient (Wildman–Crippen LogP) is 12.6. The van der Waals surface area contributed by atoms with Gasteiger partial charge in [0.1, 0.15) is 17.0 Å². The van der Waals surface area contributed by atoms with Gasteiger partial charge in [-0.3, -0.25) is 19.0 Å². The predicted molar refractivity (Wildman–Crippen MR) is 236 cm³/mol. The van der Waals surface area contributed by atoms with Gasteiger partial charge in [-0.2, -0.15) is 0 Å². The molecule has 6 heteroatoms. The molecule has 0 amide bonds. The zero-order valence-electron chi connectivity index (χ0n) is 31.0. The van der Waals surface area contributed by atoms with Crippen molar-refractivity contribution in [2.24, 2.45) is 4.99 Å². The van der Waals surface area contributed by atoms with Gasteiger partial charge in [0.15, 0.2) is 6.29 Å². The largest absolute Gasteiger partial charge is 0.456 e. The Morgan fingerprint density at radius 2 is 1.28 bits per heavy atom. The van der Waals surface area contributed by atoms with Crippen LogP contribution in [0.15, 0.2) is 190 Å². The smallest absolute Gasteiger partial charge is 0.264 e. The lowest BCUT2D eigenvalue weighted by molar-refractivity contribution is 0.112. The number of aldehydes is 1. The van der Waals surface area contributed by atoms with Crippen molar-refractivity contribution in [1.29, 1.82) is 0 Å². The zero-order valence-corrected chi connectivity index (χ0v) is 31.0. The van der Waals surface area contributed by atoms with Crippen LogP contribution < -0.4 is 5.56 Å². The summed E-state index contributed by atoms with van der Waals surface area (Å²) in [7, 11) is 0. The van der Waals surface area contributed by atoms with Crippen molar-refractivity contribution >= 4 is 67.3 Å². The number of pyridine rings is 1. The van der Waals surface area contributed by atoms with Gasteiger partial charge in [0.25, 0.3) is 5.56 Å². The molecule has 0 fully saturated rings. The topological polar surface area (TPSA) is 76.9 Å². The standard InChI is InChI=1S/C52H31N3O3/c56-31-35-16-7-8-17-37(35)43-29-36(53-30-32-12-3-1-4-13-32)23-24-39(43)40-20-11-21-47-48(40)44-28-34(22-27-46(44)58-47)38-25-26-45-50-49(38)41-18-9-10-19-42(41)52(57)55(50)51(54-45)33-14-5-2-6-15-33/h1-31H/b53-30+. The lowest BCUT2D eigenvalue weighted by Crippen LogP contribution is -2.14. The molecular weight excluding hydrogens is 715 g/mol. The van der Waals surface area contributed by atoms with Crippen LogP contribution in [0.1, 0.15) is 15.9 Å². The molecule has 0 atom stereocenters. The Hall–Kier alpha value is -7.96. The second-order valence-corrected chi connectivity index (χ2v) is 14.4.